The maximum atomic E-state index is 13.4. The third-order valence-corrected chi connectivity index (χ3v) is 11.4. The molecule has 280 valence electrons. The smallest absolute Gasteiger partial charge is 0.280 e. The Morgan fingerprint density at radius 3 is 2.40 bits per heavy atom. The Morgan fingerprint density at radius 1 is 0.981 bits per heavy atom. The van der Waals surface area contributed by atoms with Crippen LogP contribution in [0, 0.1) is 5.92 Å². The molecule has 5 heterocycles. The van der Waals surface area contributed by atoms with E-state index in [1.54, 1.807) is 12.3 Å². The van der Waals surface area contributed by atoms with Gasteiger partial charge in [-0.15, -0.1) is 0 Å². The number of halogens is 2. The normalized spacial score (nSPS) is 23.1. The van der Waals surface area contributed by atoms with E-state index in [0.717, 1.165) is 69.4 Å². The molecular formula is C41H48F2N6O4. The first-order valence-corrected chi connectivity index (χ1v) is 18.9. The van der Waals surface area contributed by atoms with Crippen molar-refractivity contribution in [3.8, 4) is 5.75 Å². The summed E-state index contributed by atoms with van der Waals surface area (Å²) in [5, 5.41) is 5.15. The second-order valence-corrected chi connectivity index (χ2v) is 15.5. The number of imide groups is 1. The minimum absolute atomic E-state index is 0.0451. The van der Waals surface area contributed by atoms with Gasteiger partial charge in [-0.25, -0.2) is 18.7 Å². The maximum Gasteiger partial charge on any atom is 0.280 e. The lowest BCUT2D eigenvalue weighted by molar-refractivity contribution is -0.137. The topological polar surface area (TPSA) is 118 Å². The highest BCUT2D eigenvalue weighted by Crippen LogP contribution is 2.38. The number of rotatable bonds is 10. The average Bonchev–Trinajstić information content (AvgIpc) is 3.56. The molecule has 1 aliphatic carbocycles. The van der Waals surface area contributed by atoms with E-state index in [1.807, 2.05) is 31.4 Å². The van der Waals surface area contributed by atoms with Crippen molar-refractivity contribution in [1.82, 2.24) is 24.6 Å². The number of benzene rings is 1. The monoisotopic (exact) mass is 726 g/mol. The molecule has 3 aliphatic rings. The highest BCUT2D eigenvalue weighted by Gasteiger charge is 2.40. The number of alkyl halides is 2. The Kier molecular flexibility index (Phi) is 10.6. The van der Waals surface area contributed by atoms with Gasteiger partial charge in [0.05, 0.1) is 22.8 Å². The van der Waals surface area contributed by atoms with E-state index in [4.69, 9.17) is 9.72 Å². The van der Waals surface area contributed by atoms with Crippen molar-refractivity contribution in [2.75, 3.05) is 25.0 Å². The van der Waals surface area contributed by atoms with E-state index in [2.05, 4.69) is 44.8 Å². The van der Waals surface area contributed by atoms with Crippen LogP contribution in [-0.2, 0) is 15.0 Å². The number of amides is 3. The van der Waals surface area contributed by atoms with Crippen LogP contribution in [0.25, 0.3) is 5.65 Å². The highest BCUT2D eigenvalue weighted by atomic mass is 19.3. The maximum absolute atomic E-state index is 13.4. The zero-order valence-corrected chi connectivity index (χ0v) is 30.6. The predicted octanol–water partition coefficient (Wildman–Crippen LogP) is 7.55. The summed E-state index contributed by atoms with van der Waals surface area (Å²) in [4.78, 5) is 49.1. The molecule has 3 fully saturated rings. The van der Waals surface area contributed by atoms with Gasteiger partial charge in [0.15, 0.2) is 0 Å². The number of hydrogen-bond donors (Lipinski definition) is 2. The SMILES string of the molecule is CC(C)Oc1cc2nc([C@H]3CC[C@H](CN4CCC(c5ccc(C6(C)CCC(=O)NC6=O)cc5)CC4)CC3)cn2cc1C(=O)Nc1cccc(C(F)F)n1. The highest BCUT2D eigenvalue weighted by molar-refractivity contribution is 6.06. The summed E-state index contributed by atoms with van der Waals surface area (Å²) >= 11 is 0. The Morgan fingerprint density at radius 2 is 1.72 bits per heavy atom. The van der Waals surface area contributed by atoms with E-state index < -0.39 is 23.4 Å². The molecule has 10 nitrogen and oxygen atoms in total. The first-order chi connectivity index (χ1) is 25.4. The van der Waals surface area contributed by atoms with Crippen LogP contribution in [0.2, 0.25) is 0 Å². The second-order valence-electron chi connectivity index (χ2n) is 15.5. The molecule has 0 bridgehead atoms. The minimum atomic E-state index is -2.74. The van der Waals surface area contributed by atoms with Gasteiger partial charge in [-0.1, -0.05) is 30.3 Å². The molecular weight excluding hydrogens is 678 g/mol. The van der Waals surface area contributed by atoms with E-state index >= 15 is 0 Å². The number of nitrogens with zero attached hydrogens (tertiary/aromatic N) is 4. The molecule has 3 aromatic heterocycles. The summed E-state index contributed by atoms with van der Waals surface area (Å²) in [6.07, 6.45) is 8.27. The van der Waals surface area contributed by atoms with Crippen LogP contribution in [0.3, 0.4) is 0 Å². The quantitative estimate of drug-likeness (QED) is 0.162. The number of ether oxygens (including phenoxy) is 1. The van der Waals surface area contributed by atoms with Crippen LogP contribution in [0.15, 0.2) is 60.9 Å². The summed E-state index contributed by atoms with van der Waals surface area (Å²) < 4.78 is 34.2. The standard InChI is InChI=1S/C41H48F2N6O4/c1-25(2)53-34-21-36-45-33(24-49(36)23-31(34)39(51)46-35-6-4-5-32(44-35)38(42)43)29-9-7-26(8-10-29)22-48-19-16-28(17-20-48)27-11-13-30(14-12-27)41(3)18-15-37(50)47-40(41)52/h4-6,11-14,21,23-26,28-29,38H,7-10,15-20,22H2,1-3H3,(H,44,46,51)(H,47,50,52)/t26-,29-,41?. The lowest BCUT2D eigenvalue weighted by Gasteiger charge is -2.37. The van der Waals surface area contributed by atoms with Crippen LogP contribution >= 0.6 is 0 Å². The van der Waals surface area contributed by atoms with Crippen molar-refractivity contribution >= 4 is 29.2 Å². The van der Waals surface area contributed by atoms with Gasteiger partial charge in [0.25, 0.3) is 12.3 Å². The molecule has 12 heteroatoms. The Bertz CT molecular complexity index is 1960. The number of aromatic nitrogens is 3. The number of fused-ring (bicyclic) bond motifs is 1. The van der Waals surface area contributed by atoms with Gasteiger partial charge < -0.3 is 19.4 Å². The molecule has 1 aromatic carbocycles. The summed E-state index contributed by atoms with van der Waals surface area (Å²) in [5.41, 5.74) is 3.18. The van der Waals surface area contributed by atoms with Crippen LogP contribution in [0.4, 0.5) is 14.6 Å². The molecule has 2 saturated heterocycles. The van der Waals surface area contributed by atoms with Gasteiger partial charge in [0.1, 0.15) is 22.9 Å². The van der Waals surface area contributed by atoms with Crippen LogP contribution in [0.5, 0.6) is 5.75 Å². The lowest BCUT2D eigenvalue weighted by Crippen LogP contribution is -2.49. The number of likely N-dealkylation sites (tertiary alicyclic amines) is 1. The van der Waals surface area contributed by atoms with Crippen LogP contribution in [0.1, 0.15) is 123 Å². The number of hydrogen-bond acceptors (Lipinski definition) is 7. The van der Waals surface area contributed by atoms with E-state index in [-0.39, 0.29) is 29.3 Å². The molecule has 0 radical (unpaired) electrons. The van der Waals surface area contributed by atoms with E-state index in [9.17, 15) is 23.2 Å². The second kappa shape index (κ2) is 15.3. The van der Waals surface area contributed by atoms with Gasteiger partial charge in [-0.3, -0.25) is 19.7 Å². The molecule has 2 N–H and O–H groups in total. The number of carbonyl (C=O) groups excluding carboxylic acids is 3. The number of imidazole rings is 1. The number of piperidine rings is 2. The van der Waals surface area contributed by atoms with Crippen molar-refractivity contribution in [3.63, 3.8) is 0 Å². The molecule has 1 saturated carbocycles. The largest absolute Gasteiger partial charge is 0.490 e. The van der Waals surface area contributed by atoms with Crippen molar-refractivity contribution in [2.45, 2.75) is 102 Å². The first kappa shape index (κ1) is 36.6. The zero-order chi connectivity index (χ0) is 37.3. The van der Waals surface area contributed by atoms with Crippen LogP contribution in [-0.4, -0.2) is 62.7 Å². The minimum Gasteiger partial charge on any atom is -0.490 e. The van der Waals surface area contributed by atoms with Crippen molar-refractivity contribution < 1.29 is 27.9 Å². The first-order valence-electron chi connectivity index (χ1n) is 18.9. The molecule has 53 heavy (non-hydrogen) atoms. The van der Waals surface area contributed by atoms with Crippen LogP contribution < -0.4 is 15.4 Å². The Labute approximate surface area is 308 Å². The summed E-state index contributed by atoms with van der Waals surface area (Å²) in [6.45, 7) is 8.94. The molecule has 1 unspecified atom stereocenters. The van der Waals surface area contributed by atoms with Crippen molar-refractivity contribution in [3.05, 3.63) is 89.0 Å². The third kappa shape index (κ3) is 8.12. The summed E-state index contributed by atoms with van der Waals surface area (Å²) in [5.74, 6) is 0.999. The fraction of sp³-hybridized carbons (Fsp3) is 0.488. The average molecular weight is 727 g/mol. The van der Waals surface area contributed by atoms with Gasteiger partial charge in [-0.05, 0) is 114 Å². The Balaban J connectivity index is 0.930. The number of carbonyl (C=O) groups is 3. The lowest BCUT2D eigenvalue weighted by atomic mass is 9.75. The molecule has 3 amide bonds. The van der Waals surface area contributed by atoms with E-state index in [0.29, 0.717) is 42.0 Å². The molecule has 2 aliphatic heterocycles. The fourth-order valence-corrected chi connectivity index (χ4v) is 8.24. The van der Waals surface area contributed by atoms with Gasteiger partial charge >= 0.3 is 0 Å². The van der Waals surface area contributed by atoms with E-state index in [1.165, 1.54) is 23.8 Å². The van der Waals surface area contributed by atoms with Gasteiger partial charge in [-0.2, -0.15) is 0 Å². The summed E-state index contributed by atoms with van der Waals surface area (Å²) in [7, 11) is 0. The van der Waals surface area contributed by atoms with Crippen molar-refractivity contribution in [2.24, 2.45) is 5.92 Å². The number of pyridine rings is 2. The van der Waals surface area contributed by atoms with Gasteiger partial charge in [0.2, 0.25) is 11.8 Å². The molecule has 0 spiro atoms. The third-order valence-electron chi connectivity index (χ3n) is 11.4. The molecule has 1 atom stereocenters. The Hall–Kier alpha value is -4.71. The molecule has 4 aromatic rings. The fourth-order valence-electron chi connectivity index (χ4n) is 8.24. The zero-order valence-electron chi connectivity index (χ0n) is 30.6. The van der Waals surface area contributed by atoms with Crippen molar-refractivity contribution in [1.29, 1.82) is 0 Å². The number of nitrogens with one attached hydrogen (secondary N) is 2. The molecule has 7 rings (SSSR count). The predicted molar refractivity (Wildman–Crippen MR) is 197 cm³/mol. The number of anilines is 1. The summed E-state index contributed by atoms with van der Waals surface area (Å²) in [6, 6.07) is 14.4. The van der Waals surface area contributed by atoms with Gasteiger partial charge in [0, 0.05) is 37.3 Å².